The second kappa shape index (κ2) is 5.84. The highest BCUT2D eigenvalue weighted by atomic mass is 16.5. The first-order valence-electron chi connectivity index (χ1n) is 6.33. The van der Waals surface area contributed by atoms with Gasteiger partial charge in [0.25, 0.3) is 0 Å². The van der Waals surface area contributed by atoms with E-state index in [4.69, 9.17) is 4.74 Å². The number of aliphatic carboxylic acids is 1. The Balaban J connectivity index is 1.99. The molecular formula is C14H17NO4. The molecule has 0 radical (unpaired) electrons. The largest absolute Gasteiger partial charge is 0.479 e. The Morgan fingerprint density at radius 1 is 1.42 bits per heavy atom. The van der Waals surface area contributed by atoms with E-state index in [0.29, 0.717) is 18.6 Å². The molecule has 5 heteroatoms. The molecule has 3 atom stereocenters. The molecule has 1 fully saturated rings. The Hall–Kier alpha value is -1.88. The molecule has 0 aliphatic heterocycles. The maximum absolute atomic E-state index is 11.9. The molecular weight excluding hydrogens is 246 g/mol. The van der Waals surface area contributed by atoms with Crippen molar-refractivity contribution >= 4 is 11.9 Å². The quantitative estimate of drug-likeness (QED) is 0.812. The molecule has 1 aliphatic carbocycles. The van der Waals surface area contributed by atoms with Crippen molar-refractivity contribution in [3.8, 4) is 0 Å². The topological polar surface area (TPSA) is 75.6 Å². The van der Waals surface area contributed by atoms with Gasteiger partial charge in [0.2, 0.25) is 5.91 Å². The second-order valence-electron chi connectivity index (χ2n) is 4.53. The van der Waals surface area contributed by atoms with Crippen molar-refractivity contribution in [1.82, 2.24) is 5.32 Å². The molecule has 1 saturated carbocycles. The van der Waals surface area contributed by atoms with E-state index >= 15 is 0 Å². The van der Waals surface area contributed by atoms with E-state index in [1.54, 1.807) is 30.3 Å². The fraction of sp³-hybridized carbons (Fsp3) is 0.429. The lowest BCUT2D eigenvalue weighted by Crippen LogP contribution is -2.35. The molecule has 19 heavy (non-hydrogen) atoms. The average Bonchev–Trinajstić information content (AvgIpc) is 3.16. The van der Waals surface area contributed by atoms with Gasteiger partial charge in [0.15, 0.2) is 6.04 Å². The maximum atomic E-state index is 11.9. The van der Waals surface area contributed by atoms with Crippen LogP contribution in [0.2, 0.25) is 0 Å². The van der Waals surface area contributed by atoms with Crippen LogP contribution in [-0.4, -0.2) is 29.7 Å². The number of ether oxygens (including phenoxy) is 1. The zero-order valence-corrected chi connectivity index (χ0v) is 10.7. The van der Waals surface area contributed by atoms with Crippen molar-refractivity contribution in [1.29, 1.82) is 0 Å². The summed E-state index contributed by atoms with van der Waals surface area (Å²) < 4.78 is 5.33. The van der Waals surface area contributed by atoms with Crippen LogP contribution in [0.1, 0.15) is 24.9 Å². The third-order valence-corrected chi connectivity index (χ3v) is 3.12. The van der Waals surface area contributed by atoms with Gasteiger partial charge in [0.1, 0.15) is 0 Å². The molecule has 0 saturated heterocycles. The Bertz CT molecular complexity index is 460. The van der Waals surface area contributed by atoms with Crippen LogP contribution in [-0.2, 0) is 14.3 Å². The number of amides is 1. The van der Waals surface area contributed by atoms with Crippen molar-refractivity contribution in [2.45, 2.75) is 25.5 Å². The van der Waals surface area contributed by atoms with E-state index in [0.717, 1.165) is 0 Å². The highest BCUT2D eigenvalue weighted by Crippen LogP contribution is 2.34. The Morgan fingerprint density at radius 2 is 2.11 bits per heavy atom. The Labute approximate surface area is 111 Å². The monoisotopic (exact) mass is 263 g/mol. The summed E-state index contributed by atoms with van der Waals surface area (Å²) in [7, 11) is 0. The number of carboxylic acid groups (broad SMARTS) is 1. The van der Waals surface area contributed by atoms with Gasteiger partial charge in [0, 0.05) is 6.61 Å². The third-order valence-electron chi connectivity index (χ3n) is 3.12. The van der Waals surface area contributed by atoms with Crippen LogP contribution < -0.4 is 5.32 Å². The van der Waals surface area contributed by atoms with Crippen molar-refractivity contribution < 1.29 is 19.4 Å². The molecule has 102 valence electrons. The number of carbonyl (C=O) groups excluding carboxylic acids is 1. The fourth-order valence-electron chi connectivity index (χ4n) is 2.03. The number of carbonyl (C=O) groups is 2. The summed E-state index contributed by atoms with van der Waals surface area (Å²) in [6.07, 6.45) is 0.607. The highest BCUT2D eigenvalue weighted by molar-refractivity contribution is 5.87. The standard InChI is InChI=1S/C14H17NO4/c1-2-19-11-8-10(11)13(16)15-12(14(17)18)9-6-4-3-5-7-9/h3-7,10-12H,2,8H2,1H3,(H,15,16)(H,17,18)/t10?,11?,12-/m0/s1. The highest BCUT2D eigenvalue weighted by Gasteiger charge is 2.45. The maximum Gasteiger partial charge on any atom is 0.330 e. The van der Waals surface area contributed by atoms with E-state index in [2.05, 4.69) is 5.32 Å². The smallest absolute Gasteiger partial charge is 0.330 e. The third kappa shape index (κ3) is 3.32. The van der Waals surface area contributed by atoms with E-state index < -0.39 is 12.0 Å². The van der Waals surface area contributed by atoms with Crippen LogP contribution in [0.15, 0.2) is 30.3 Å². The van der Waals surface area contributed by atoms with Gasteiger partial charge in [-0.3, -0.25) is 4.79 Å². The molecule has 0 spiro atoms. The van der Waals surface area contributed by atoms with Crippen LogP contribution in [0.5, 0.6) is 0 Å². The van der Waals surface area contributed by atoms with E-state index in [1.165, 1.54) is 0 Å². The minimum Gasteiger partial charge on any atom is -0.479 e. The van der Waals surface area contributed by atoms with Gasteiger partial charge in [-0.2, -0.15) is 0 Å². The van der Waals surface area contributed by atoms with E-state index in [9.17, 15) is 14.7 Å². The zero-order valence-electron chi connectivity index (χ0n) is 10.7. The van der Waals surface area contributed by atoms with Crippen molar-refractivity contribution in [3.05, 3.63) is 35.9 Å². The molecule has 5 nitrogen and oxygen atoms in total. The summed E-state index contributed by atoms with van der Waals surface area (Å²) in [4.78, 5) is 23.2. The summed E-state index contributed by atoms with van der Waals surface area (Å²) in [6.45, 7) is 2.44. The zero-order chi connectivity index (χ0) is 13.8. The van der Waals surface area contributed by atoms with Gasteiger partial charge in [-0.05, 0) is 18.9 Å². The molecule has 1 amide bonds. The van der Waals surface area contributed by atoms with E-state index in [1.807, 2.05) is 6.92 Å². The van der Waals surface area contributed by atoms with Crippen molar-refractivity contribution in [2.75, 3.05) is 6.61 Å². The van der Waals surface area contributed by atoms with Gasteiger partial charge in [-0.15, -0.1) is 0 Å². The van der Waals surface area contributed by atoms with Gasteiger partial charge >= 0.3 is 5.97 Å². The van der Waals surface area contributed by atoms with Crippen molar-refractivity contribution in [3.63, 3.8) is 0 Å². The number of carboxylic acids is 1. The summed E-state index contributed by atoms with van der Waals surface area (Å²) in [5.74, 6) is -1.53. The van der Waals surface area contributed by atoms with Gasteiger partial charge in [-0.1, -0.05) is 30.3 Å². The molecule has 1 aromatic rings. The number of rotatable bonds is 6. The SMILES string of the molecule is CCOC1CC1C(=O)N[C@H](C(=O)O)c1ccccc1. The van der Waals surface area contributed by atoms with Gasteiger partial charge in [0.05, 0.1) is 12.0 Å². The summed E-state index contributed by atoms with van der Waals surface area (Å²) in [5.41, 5.74) is 0.567. The summed E-state index contributed by atoms with van der Waals surface area (Å²) in [5, 5.41) is 11.8. The molecule has 1 aliphatic rings. The number of hydrogen-bond acceptors (Lipinski definition) is 3. The summed E-state index contributed by atoms with van der Waals surface area (Å²) >= 11 is 0. The Morgan fingerprint density at radius 3 is 2.68 bits per heavy atom. The predicted molar refractivity (Wildman–Crippen MR) is 68.5 cm³/mol. The first-order valence-corrected chi connectivity index (χ1v) is 6.33. The molecule has 0 aromatic heterocycles. The first-order chi connectivity index (χ1) is 9.13. The first kappa shape index (κ1) is 13.5. The van der Waals surface area contributed by atoms with Gasteiger partial charge in [-0.25, -0.2) is 4.79 Å². The van der Waals surface area contributed by atoms with Crippen molar-refractivity contribution in [2.24, 2.45) is 5.92 Å². The molecule has 0 bridgehead atoms. The van der Waals surface area contributed by atoms with Crippen LogP contribution in [0.3, 0.4) is 0 Å². The van der Waals surface area contributed by atoms with Crippen LogP contribution in [0.25, 0.3) is 0 Å². The fourth-order valence-corrected chi connectivity index (χ4v) is 2.03. The Kier molecular flexibility index (Phi) is 4.16. The second-order valence-corrected chi connectivity index (χ2v) is 4.53. The average molecular weight is 263 g/mol. The predicted octanol–water partition coefficient (Wildman–Crippen LogP) is 1.35. The minimum atomic E-state index is -1.06. The number of nitrogens with one attached hydrogen (secondary N) is 1. The molecule has 2 rings (SSSR count). The van der Waals surface area contributed by atoms with Gasteiger partial charge < -0.3 is 15.2 Å². The normalized spacial score (nSPS) is 22.6. The molecule has 2 unspecified atom stereocenters. The molecule has 0 heterocycles. The molecule has 1 aromatic carbocycles. The van der Waals surface area contributed by atoms with Crippen LogP contribution >= 0.6 is 0 Å². The van der Waals surface area contributed by atoms with E-state index in [-0.39, 0.29) is 17.9 Å². The molecule has 2 N–H and O–H groups in total. The lowest BCUT2D eigenvalue weighted by atomic mass is 10.1. The number of hydrogen-bond donors (Lipinski definition) is 2. The van der Waals surface area contributed by atoms with Crippen LogP contribution in [0, 0.1) is 5.92 Å². The summed E-state index contributed by atoms with van der Waals surface area (Å²) in [6, 6.07) is 7.67. The lowest BCUT2D eigenvalue weighted by molar-refractivity contribution is -0.142. The lowest BCUT2D eigenvalue weighted by Gasteiger charge is -2.14. The minimum absolute atomic E-state index is 0.0600. The van der Waals surface area contributed by atoms with Crippen LogP contribution in [0.4, 0.5) is 0 Å². The number of benzene rings is 1.